The highest BCUT2D eigenvalue weighted by Gasteiger charge is 2.13. The third kappa shape index (κ3) is 2.18. The molecule has 19 heavy (non-hydrogen) atoms. The summed E-state index contributed by atoms with van der Waals surface area (Å²) in [5.74, 6) is -0.246. The Bertz CT molecular complexity index is 748. The van der Waals surface area contributed by atoms with Crippen LogP contribution in [0.1, 0.15) is 16.1 Å². The van der Waals surface area contributed by atoms with Gasteiger partial charge in [-0.15, -0.1) is 0 Å². The molecule has 2 N–H and O–H groups in total. The first-order valence-electron chi connectivity index (χ1n) is 5.90. The van der Waals surface area contributed by atoms with Crippen LogP contribution in [0.15, 0.2) is 42.7 Å². The van der Waals surface area contributed by atoms with E-state index < -0.39 is 0 Å². The van der Waals surface area contributed by atoms with Gasteiger partial charge in [0.15, 0.2) is 5.69 Å². The van der Waals surface area contributed by atoms with Crippen LogP contribution in [0, 0.1) is 6.92 Å². The van der Waals surface area contributed by atoms with Gasteiger partial charge in [-0.1, -0.05) is 18.2 Å². The second kappa shape index (κ2) is 4.53. The monoisotopic (exact) mass is 252 g/mol. The van der Waals surface area contributed by atoms with Crippen LogP contribution in [-0.2, 0) is 0 Å². The first-order valence-corrected chi connectivity index (χ1v) is 5.90. The number of carbonyl (C=O) groups excluding carboxylic acids is 1. The molecule has 2 aromatic heterocycles. The maximum Gasteiger partial charge on any atom is 0.276 e. The molecule has 5 nitrogen and oxygen atoms in total. The van der Waals surface area contributed by atoms with Crippen molar-refractivity contribution in [2.24, 2.45) is 0 Å². The summed E-state index contributed by atoms with van der Waals surface area (Å²) in [4.78, 5) is 16.2. The minimum Gasteiger partial charge on any atom is -0.319 e. The van der Waals surface area contributed by atoms with E-state index in [1.54, 1.807) is 12.4 Å². The van der Waals surface area contributed by atoms with Gasteiger partial charge in [-0.25, -0.2) is 0 Å². The Labute approximate surface area is 109 Å². The van der Waals surface area contributed by atoms with Gasteiger partial charge >= 0.3 is 0 Å². The minimum atomic E-state index is -0.246. The Kier molecular flexibility index (Phi) is 2.72. The summed E-state index contributed by atoms with van der Waals surface area (Å²) >= 11 is 0. The number of hydrogen-bond acceptors (Lipinski definition) is 3. The number of aromatic nitrogens is 3. The zero-order chi connectivity index (χ0) is 13.2. The predicted molar refractivity (Wildman–Crippen MR) is 73.0 cm³/mol. The molecule has 0 fully saturated rings. The van der Waals surface area contributed by atoms with Crippen molar-refractivity contribution in [3.8, 4) is 0 Å². The van der Waals surface area contributed by atoms with Crippen LogP contribution < -0.4 is 5.32 Å². The number of H-pyrrole nitrogens is 1. The Morgan fingerprint density at radius 3 is 2.95 bits per heavy atom. The summed E-state index contributed by atoms with van der Waals surface area (Å²) in [6, 6.07) is 9.38. The zero-order valence-electron chi connectivity index (χ0n) is 10.3. The molecule has 94 valence electrons. The maximum atomic E-state index is 12.2. The van der Waals surface area contributed by atoms with Gasteiger partial charge in [-0.05, 0) is 24.6 Å². The predicted octanol–water partition coefficient (Wildman–Crippen LogP) is 2.52. The smallest absolute Gasteiger partial charge is 0.276 e. The van der Waals surface area contributed by atoms with Crippen molar-refractivity contribution in [2.75, 3.05) is 5.32 Å². The first-order chi connectivity index (χ1) is 9.24. The number of aromatic amines is 1. The highest BCUT2D eigenvalue weighted by molar-refractivity contribution is 6.11. The van der Waals surface area contributed by atoms with Crippen molar-refractivity contribution < 1.29 is 4.79 Å². The lowest BCUT2D eigenvalue weighted by Gasteiger charge is -2.03. The lowest BCUT2D eigenvalue weighted by Crippen LogP contribution is -2.13. The Morgan fingerprint density at radius 2 is 2.11 bits per heavy atom. The molecule has 1 amide bonds. The molecule has 3 aromatic rings. The Balaban J connectivity index is 1.92. The standard InChI is InChI=1S/C14H12N4O/c1-9-6-10(8-15-7-9)16-14(19)13-11-4-2-3-5-12(11)17-18-13/h2-8H,1H3,(H,16,19)(H,17,18). The molecule has 0 aliphatic heterocycles. The number of carbonyl (C=O) groups is 1. The van der Waals surface area contributed by atoms with Crippen molar-refractivity contribution >= 4 is 22.5 Å². The molecule has 0 bridgehead atoms. The molecule has 0 radical (unpaired) electrons. The van der Waals surface area contributed by atoms with Gasteiger partial charge < -0.3 is 5.32 Å². The lowest BCUT2D eigenvalue weighted by molar-refractivity contribution is 0.102. The largest absolute Gasteiger partial charge is 0.319 e. The van der Waals surface area contributed by atoms with E-state index in [4.69, 9.17) is 0 Å². The number of para-hydroxylation sites is 1. The van der Waals surface area contributed by atoms with Crippen LogP contribution in [0.5, 0.6) is 0 Å². The minimum absolute atomic E-state index is 0.246. The molecule has 0 saturated carbocycles. The molecular formula is C14H12N4O. The van der Waals surface area contributed by atoms with E-state index in [1.807, 2.05) is 37.3 Å². The third-order valence-electron chi connectivity index (χ3n) is 2.82. The summed E-state index contributed by atoms with van der Waals surface area (Å²) in [5.41, 5.74) is 2.88. The Hall–Kier alpha value is -2.69. The maximum absolute atomic E-state index is 12.2. The second-order valence-corrected chi connectivity index (χ2v) is 4.32. The van der Waals surface area contributed by atoms with Crippen LogP contribution in [-0.4, -0.2) is 21.1 Å². The van der Waals surface area contributed by atoms with Crippen molar-refractivity contribution in [1.29, 1.82) is 0 Å². The molecular weight excluding hydrogens is 240 g/mol. The molecule has 0 saturated heterocycles. The highest BCUT2D eigenvalue weighted by atomic mass is 16.1. The summed E-state index contributed by atoms with van der Waals surface area (Å²) in [7, 11) is 0. The fraction of sp³-hybridized carbons (Fsp3) is 0.0714. The molecule has 3 rings (SSSR count). The van der Waals surface area contributed by atoms with Crippen molar-refractivity contribution in [1.82, 2.24) is 15.2 Å². The van der Waals surface area contributed by atoms with Gasteiger partial charge in [-0.3, -0.25) is 14.9 Å². The summed E-state index contributed by atoms with van der Waals surface area (Å²) in [6.45, 7) is 1.92. The lowest BCUT2D eigenvalue weighted by atomic mass is 10.2. The average Bonchev–Trinajstić information content (AvgIpc) is 2.82. The number of anilines is 1. The SMILES string of the molecule is Cc1cncc(NC(=O)c2n[nH]c3ccccc23)c1. The van der Waals surface area contributed by atoms with Gasteiger partial charge in [0, 0.05) is 11.6 Å². The van der Waals surface area contributed by atoms with Crippen molar-refractivity contribution in [2.45, 2.75) is 6.92 Å². The van der Waals surface area contributed by atoms with Gasteiger partial charge in [0.05, 0.1) is 17.4 Å². The van der Waals surface area contributed by atoms with E-state index in [1.165, 1.54) is 0 Å². The van der Waals surface area contributed by atoms with Crippen LogP contribution in [0.4, 0.5) is 5.69 Å². The number of rotatable bonds is 2. The number of nitrogens with one attached hydrogen (secondary N) is 2. The zero-order valence-corrected chi connectivity index (χ0v) is 10.3. The number of amides is 1. The summed E-state index contributed by atoms with van der Waals surface area (Å²) in [6.07, 6.45) is 3.35. The van der Waals surface area contributed by atoms with E-state index in [0.29, 0.717) is 11.4 Å². The topological polar surface area (TPSA) is 70.7 Å². The molecule has 5 heteroatoms. The molecule has 0 spiro atoms. The third-order valence-corrected chi connectivity index (χ3v) is 2.82. The number of fused-ring (bicyclic) bond motifs is 1. The number of benzene rings is 1. The van der Waals surface area contributed by atoms with E-state index in [-0.39, 0.29) is 5.91 Å². The normalized spacial score (nSPS) is 10.6. The van der Waals surface area contributed by atoms with Crippen LogP contribution in [0.25, 0.3) is 10.9 Å². The molecule has 0 unspecified atom stereocenters. The van der Waals surface area contributed by atoms with Gasteiger partial charge in [0.25, 0.3) is 5.91 Å². The van der Waals surface area contributed by atoms with Gasteiger partial charge in [-0.2, -0.15) is 5.10 Å². The van der Waals surface area contributed by atoms with Gasteiger partial charge in [0.1, 0.15) is 0 Å². The quantitative estimate of drug-likeness (QED) is 0.736. The van der Waals surface area contributed by atoms with Crippen LogP contribution >= 0.6 is 0 Å². The second-order valence-electron chi connectivity index (χ2n) is 4.32. The number of nitrogens with zero attached hydrogens (tertiary/aromatic N) is 2. The molecule has 0 atom stereocenters. The van der Waals surface area contributed by atoms with Crippen molar-refractivity contribution in [3.05, 3.63) is 54.0 Å². The molecule has 2 heterocycles. The molecule has 0 aliphatic carbocycles. The van der Waals surface area contributed by atoms with Crippen LogP contribution in [0.3, 0.4) is 0 Å². The van der Waals surface area contributed by atoms with E-state index in [9.17, 15) is 4.79 Å². The van der Waals surface area contributed by atoms with Crippen molar-refractivity contribution in [3.63, 3.8) is 0 Å². The van der Waals surface area contributed by atoms with E-state index in [0.717, 1.165) is 16.5 Å². The summed E-state index contributed by atoms with van der Waals surface area (Å²) < 4.78 is 0. The molecule has 1 aromatic carbocycles. The highest BCUT2D eigenvalue weighted by Crippen LogP contribution is 2.16. The fourth-order valence-electron chi connectivity index (χ4n) is 1.95. The van der Waals surface area contributed by atoms with Gasteiger partial charge in [0.2, 0.25) is 0 Å². The van der Waals surface area contributed by atoms with E-state index >= 15 is 0 Å². The van der Waals surface area contributed by atoms with Crippen LogP contribution in [0.2, 0.25) is 0 Å². The number of pyridine rings is 1. The molecule has 0 aliphatic rings. The number of aryl methyl sites for hydroxylation is 1. The Morgan fingerprint density at radius 1 is 1.26 bits per heavy atom. The fourth-order valence-corrected chi connectivity index (χ4v) is 1.95. The average molecular weight is 252 g/mol. The number of hydrogen-bond donors (Lipinski definition) is 2. The first kappa shape index (κ1) is 11.4. The summed E-state index contributed by atoms with van der Waals surface area (Å²) in [5, 5.41) is 10.5. The van der Waals surface area contributed by atoms with E-state index in [2.05, 4.69) is 20.5 Å².